The highest BCUT2D eigenvalue weighted by Crippen LogP contribution is 2.34. The number of rotatable bonds is 9. The van der Waals surface area contributed by atoms with Crippen LogP contribution in [0.25, 0.3) is 6.08 Å². The molecule has 1 saturated heterocycles. The van der Waals surface area contributed by atoms with Crippen LogP contribution in [-0.2, 0) is 14.4 Å². The molecule has 0 radical (unpaired) electrons. The summed E-state index contributed by atoms with van der Waals surface area (Å²) in [6.07, 6.45) is 1.17. The first-order chi connectivity index (χ1) is 21.6. The maximum absolute atomic E-state index is 14.6. The van der Waals surface area contributed by atoms with Gasteiger partial charge in [0.2, 0.25) is 11.8 Å². The summed E-state index contributed by atoms with van der Waals surface area (Å²) in [5.41, 5.74) is 1.24. The molecule has 0 aromatic heterocycles. The molecule has 4 aromatic rings. The average molecular weight is 642 g/mol. The van der Waals surface area contributed by atoms with Crippen molar-refractivity contribution < 1.29 is 28.4 Å². The quantitative estimate of drug-likeness (QED) is 0.122. The van der Waals surface area contributed by atoms with E-state index < -0.39 is 22.9 Å². The number of carbonyl (C=O) groups excluding carboxylic acids is 5. The third-order valence-electron chi connectivity index (χ3n) is 6.84. The molecule has 1 aliphatic heterocycles. The molecule has 1 aliphatic rings. The Balaban J connectivity index is 1.29. The molecule has 1 atom stereocenters. The standard InChI is InChI=1S/C34H25ClFN3O5S/c1-20(40)21-10-14-24(15-11-21)39-31(41)19-30(34(39)44)45-25-16-12-23(13-17-25)37-33(43)29(18-26-27(35)8-5-9-28(26)36)38-32(42)22-6-3-2-4-7-22/h2-18,30H,19H2,1H3,(H,37,43)(H,38,42)/b29-18-. The van der Waals surface area contributed by atoms with Crippen molar-refractivity contribution in [1.82, 2.24) is 5.32 Å². The minimum absolute atomic E-state index is 0.00429. The van der Waals surface area contributed by atoms with E-state index in [4.69, 9.17) is 11.6 Å². The van der Waals surface area contributed by atoms with Gasteiger partial charge in [-0.15, -0.1) is 11.8 Å². The zero-order chi connectivity index (χ0) is 32.1. The SMILES string of the molecule is CC(=O)c1ccc(N2C(=O)CC(Sc3ccc(NC(=O)/C(=C/c4c(F)cccc4Cl)NC(=O)c4ccccc4)cc3)C2=O)cc1. The molecule has 45 heavy (non-hydrogen) atoms. The van der Waals surface area contributed by atoms with Crippen molar-refractivity contribution in [3.63, 3.8) is 0 Å². The summed E-state index contributed by atoms with van der Waals surface area (Å²) in [4.78, 5) is 65.3. The van der Waals surface area contributed by atoms with Crippen LogP contribution in [-0.4, -0.2) is 34.7 Å². The van der Waals surface area contributed by atoms with E-state index >= 15 is 0 Å². The van der Waals surface area contributed by atoms with Crippen LogP contribution < -0.4 is 15.5 Å². The largest absolute Gasteiger partial charge is 0.321 e. The summed E-state index contributed by atoms with van der Waals surface area (Å²) < 4.78 is 14.6. The van der Waals surface area contributed by atoms with E-state index in [-0.39, 0.29) is 40.3 Å². The lowest BCUT2D eigenvalue weighted by atomic mass is 10.1. The van der Waals surface area contributed by atoms with E-state index in [0.29, 0.717) is 27.4 Å². The maximum Gasteiger partial charge on any atom is 0.272 e. The molecule has 1 heterocycles. The average Bonchev–Trinajstić information content (AvgIpc) is 3.31. The van der Waals surface area contributed by atoms with Crippen LogP contribution in [0.5, 0.6) is 0 Å². The van der Waals surface area contributed by atoms with E-state index in [2.05, 4.69) is 10.6 Å². The number of Topliss-reactive ketones (excluding diaryl/α,β-unsaturated/α-hetero) is 1. The molecular weight excluding hydrogens is 617 g/mol. The number of thioether (sulfide) groups is 1. The Morgan fingerprint density at radius 3 is 2.22 bits per heavy atom. The summed E-state index contributed by atoms with van der Waals surface area (Å²) >= 11 is 7.38. The number of halogens is 2. The molecule has 226 valence electrons. The van der Waals surface area contributed by atoms with Gasteiger partial charge in [0.1, 0.15) is 11.5 Å². The molecule has 1 fully saturated rings. The lowest BCUT2D eigenvalue weighted by Gasteiger charge is -2.15. The van der Waals surface area contributed by atoms with Crippen LogP contribution in [0.1, 0.15) is 39.6 Å². The Morgan fingerprint density at radius 1 is 0.889 bits per heavy atom. The summed E-state index contributed by atoms with van der Waals surface area (Å²) in [5.74, 6) is -2.79. The van der Waals surface area contributed by atoms with Gasteiger partial charge >= 0.3 is 0 Å². The summed E-state index contributed by atoms with van der Waals surface area (Å²) in [6.45, 7) is 1.44. The minimum Gasteiger partial charge on any atom is -0.321 e. The van der Waals surface area contributed by atoms with Gasteiger partial charge in [-0.1, -0.05) is 35.9 Å². The van der Waals surface area contributed by atoms with Gasteiger partial charge in [0.25, 0.3) is 11.8 Å². The van der Waals surface area contributed by atoms with Crippen molar-refractivity contribution >= 4 is 70.2 Å². The third kappa shape index (κ3) is 7.36. The van der Waals surface area contributed by atoms with E-state index in [1.807, 2.05) is 0 Å². The van der Waals surface area contributed by atoms with E-state index in [1.54, 1.807) is 78.9 Å². The van der Waals surface area contributed by atoms with E-state index in [9.17, 15) is 28.4 Å². The molecule has 4 aromatic carbocycles. The van der Waals surface area contributed by atoms with Gasteiger partial charge in [0.15, 0.2) is 5.78 Å². The summed E-state index contributed by atoms with van der Waals surface area (Å²) in [7, 11) is 0. The predicted molar refractivity (Wildman–Crippen MR) is 172 cm³/mol. The summed E-state index contributed by atoms with van der Waals surface area (Å²) in [6, 6.07) is 25.2. The molecule has 11 heteroatoms. The molecular formula is C34H25ClFN3O5S. The number of nitrogens with one attached hydrogen (secondary N) is 2. The van der Waals surface area contributed by atoms with Crippen LogP contribution in [0.15, 0.2) is 108 Å². The lowest BCUT2D eigenvalue weighted by molar-refractivity contribution is -0.121. The van der Waals surface area contributed by atoms with Gasteiger partial charge in [-0.25, -0.2) is 9.29 Å². The van der Waals surface area contributed by atoms with Crippen LogP contribution in [0.4, 0.5) is 15.8 Å². The van der Waals surface area contributed by atoms with E-state index in [1.165, 1.54) is 43.0 Å². The molecule has 0 aliphatic carbocycles. The topological polar surface area (TPSA) is 113 Å². The first-order valence-electron chi connectivity index (χ1n) is 13.7. The number of ketones is 1. The number of hydrogen-bond acceptors (Lipinski definition) is 6. The zero-order valence-corrected chi connectivity index (χ0v) is 25.3. The highest BCUT2D eigenvalue weighted by atomic mass is 35.5. The molecule has 0 saturated carbocycles. The fourth-order valence-electron chi connectivity index (χ4n) is 4.53. The monoisotopic (exact) mass is 641 g/mol. The number of imide groups is 1. The smallest absolute Gasteiger partial charge is 0.272 e. The number of anilines is 2. The van der Waals surface area contributed by atoms with Crippen molar-refractivity contribution in [2.24, 2.45) is 0 Å². The first-order valence-corrected chi connectivity index (χ1v) is 14.9. The fraction of sp³-hybridized carbons (Fsp3) is 0.0882. The Labute approximate surface area is 267 Å². The highest BCUT2D eigenvalue weighted by Gasteiger charge is 2.40. The van der Waals surface area contributed by atoms with Crippen LogP contribution in [0.3, 0.4) is 0 Å². The van der Waals surface area contributed by atoms with Crippen LogP contribution in [0, 0.1) is 5.82 Å². The van der Waals surface area contributed by atoms with Crippen molar-refractivity contribution in [3.05, 3.63) is 130 Å². The molecule has 0 bridgehead atoms. The van der Waals surface area contributed by atoms with Crippen molar-refractivity contribution in [1.29, 1.82) is 0 Å². The molecule has 4 amide bonds. The molecule has 5 rings (SSSR count). The molecule has 0 spiro atoms. The van der Waals surface area contributed by atoms with Crippen molar-refractivity contribution in [2.45, 2.75) is 23.5 Å². The third-order valence-corrected chi connectivity index (χ3v) is 8.37. The Kier molecular flexibility index (Phi) is 9.56. The van der Waals surface area contributed by atoms with Gasteiger partial charge in [0, 0.05) is 33.7 Å². The van der Waals surface area contributed by atoms with Gasteiger partial charge in [-0.3, -0.25) is 24.0 Å². The second-order valence-corrected chi connectivity index (χ2v) is 11.7. The van der Waals surface area contributed by atoms with Crippen LogP contribution in [0.2, 0.25) is 5.02 Å². The Bertz CT molecular complexity index is 1810. The van der Waals surface area contributed by atoms with Gasteiger partial charge in [-0.2, -0.15) is 0 Å². The number of amides is 4. The Morgan fingerprint density at radius 2 is 1.58 bits per heavy atom. The van der Waals surface area contributed by atoms with Gasteiger partial charge in [0.05, 0.1) is 16.0 Å². The zero-order valence-electron chi connectivity index (χ0n) is 23.8. The van der Waals surface area contributed by atoms with Gasteiger partial charge < -0.3 is 10.6 Å². The normalized spacial score (nSPS) is 14.8. The van der Waals surface area contributed by atoms with E-state index in [0.717, 1.165) is 4.90 Å². The number of carbonyl (C=O) groups is 5. The molecule has 2 N–H and O–H groups in total. The fourth-order valence-corrected chi connectivity index (χ4v) is 5.80. The van der Waals surface area contributed by atoms with Crippen LogP contribution >= 0.6 is 23.4 Å². The van der Waals surface area contributed by atoms with Crippen molar-refractivity contribution in [3.8, 4) is 0 Å². The first kappa shape index (κ1) is 31.4. The second kappa shape index (κ2) is 13.7. The Hall–Kier alpha value is -5.06. The molecule has 8 nitrogen and oxygen atoms in total. The number of benzene rings is 4. The second-order valence-electron chi connectivity index (χ2n) is 9.97. The lowest BCUT2D eigenvalue weighted by Crippen LogP contribution is -2.31. The predicted octanol–water partition coefficient (Wildman–Crippen LogP) is 6.52. The maximum atomic E-state index is 14.6. The minimum atomic E-state index is -0.720. The van der Waals surface area contributed by atoms with Crippen molar-refractivity contribution in [2.75, 3.05) is 10.2 Å². The number of hydrogen-bond donors (Lipinski definition) is 2. The van der Waals surface area contributed by atoms with Gasteiger partial charge in [-0.05, 0) is 85.8 Å². The highest BCUT2D eigenvalue weighted by molar-refractivity contribution is 8.00. The molecule has 1 unspecified atom stereocenters. The number of nitrogens with zero attached hydrogens (tertiary/aromatic N) is 1. The summed E-state index contributed by atoms with van der Waals surface area (Å²) in [5, 5.41) is 4.63.